The summed E-state index contributed by atoms with van der Waals surface area (Å²) in [7, 11) is 0. The molecule has 0 saturated carbocycles. The van der Waals surface area contributed by atoms with Crippen molar-refractivity contribution in [2.45, 2.75) is 12.8 Å². The monoisotopic (exact) mass is 329 g/mol. The maximum absolute atomic E-state index is 12.5. The Hall–Kier alpha value is -2.82. The second kappa shape index (κ2) is 6.74. The van der Waals surface area contributed by atoms with Crippen LogP contribution in [0.25, 0.3) is 11.1 Å². The third kappa shape index (κ3) is 3.93. The van der Waals surface area contributed by atoms with Crippen LogP contribution in [0.15, 0.2) is 72.9 Å². The Morgan fingerprint density at radius 3 is 2.04 bits per heavy atom. The summed E-state index contributed by atoms with van der Waals surface area (Å²) >= 11 is 0. The molecule has 5 heteroatoms. The molecule has 0 radical (unpaired) electrons. The van der Waals surface area contributed by atoms with Gasteiger partial charge in [0, 0.05) is 12.3 Å². The van der Waals surface area contributed by atoms with E-state index < -0.39 is 11.7 Å². The second-order valence-electron chi connectivity index (χ2n) is 5.23. The van der Waals surface area contributed by atoms with Gasteiger partial charge in [-0.15, -0.1) is 0 Å². The Morgan fingerprint density at radius 2 is 1.46 bits per heavy atom. The number of ether oxygens (including phenoxy) is 1. The number of alkyl halides is 3. The highest BCUT2D eigenvalue weighted by Crippen LogP contribution is 2.29. The van der Waals surface area contributed by atoms with E-state index in [0.29, 0.717) is 0 Å². The first-order valence-electron chi connectivity index (χ1n) is 7.33. The molecule has 0 aliphatic heterocycles. The molecule has 122 valence electrons. The molecule has 1 heterocycles. The maximum atomic E-state index is 12.5. The van der Waals surface area contributed by atoms with E-state index in [4.69, 9.17) is 4.74 Å². The average Bonchev–Trinajstić information content (AvgIpc) is 2.61. The van der Waals surface area contributed by atoms with Crippen LogP contribution in [-0.4, -0.2) is 4.98 Å². The van der Waals surface area contributed by atoms with Crippen LogP contribution < -0.4 is 4.74 Å². The summed E-state index contributed by atoms with van der Waals surface area (Å²) in [6.45, 7) is 0.243. The Balaban J connectivity index is 1.63. The summed E-state index contributed by atoms with van der Waals surface area (Å²) < 4.78 is 42.8. The lowest BCUT2D eigenvalue weighted by Gasteiger charge is -2.09. The average molecular weight is 329 g/mol. The van der Waals surface area contributed by atoms with E-state index in [1.165, 1.54) is 6.07 Å². The van der Waals surface area contributed by atoms with Crippen molar-refractivity contribution in [3.63, 3.8) is 0 Å². The molecule has 1 aromatic heterocycles. The van der Waals surface area contributed by atoms with Crippen LogP contribution in [0, 0.1) is 0 Å². The first-order chi connectivity index (χ1) is 11.5. The van der Waals surface area contributed by atoms with E-state index in [0.717, 1.165) is 29.0 Å². The molecule has 2 aromatic carbocycles. The number of benzene rings is 2. The Kier molecular flexibility index (Phi) is 4.51. The van der Waals surface area contributed by atoms with Crippen molar-refractivity contribution < 1.29 is 17.9 Å². The first-order valence-corrected chi connectivity index (χ1v) is 7.33. The minimum atomic E-state index is -4.39. The fourth-order valence-electron chi connectivity index (χ4n) is 2.21. The molecule has 24 heavy (non-hydrogen) atoms. The van der Waals surface area contributed by atoms with Crippen molar-refractivity contribution >= 4 is 0 Å². The van der Waals surface area contributed by atoms with Crippen LogP contribution in [0.1, 0.15) is 11.1 Å². The lowest BCUT2D eigenvalue weighted by Crippen LogP contribution is -2.05. The largest absolute Gasteiger partial charge is 0.473 e. The Bertz CT molecular complexity index is 782. The summed E-state index contributed by atoms with van der Waals surface area (Å²) in [5, 5.41) is 0. The van der Waals surface area contributed by atoms with Crippen LogP contribution in [0.5, 0.6) is 5.88 Å². The SMILES string of the molecule is FC(F)(F)c1ccc(OCc2ccc(-c3ccccc3)cc2)nc1. The zero-order valence-corrected chi connectivity index (χ0v) is 12.6. The van der Waals surface area contributed by atoms with Gasteiger partial charge in [-0.1, -0.05) is 54.6 Å². The lowest BCUT2D eigenvalue weighted by molar-refractivity contribution is -0.137. The third-order valence-corrected chi connectivity index (χ3v) is 3.51. The van der Waals surface area contributed by atoms with Gasteiger partial charge in [0.1, 0.15) is 6.61 Å². The summed E-state index contributed by atoms with van der Waals surface area (Å²) in [6, 6.07) is 20.0. The van der Waals surface area contributed by atoms with Crippen molar-refractivity contribution in [1.82, 2.24) is 4.98 Å². The fourth-order valence-corrected chi connectivity index (χ4v) is 2.21. The van der Waals surface area contributed by atoms with Gasteiger partial charge in [0.15, 0.2) is 0 Å². The van der Waals surface area contributed by atoms with Gasteiger partial charge in [0.25, 0.3) is 0 Å². The minimum Gasteiger partial charge on any atom is -0.473 e. The van der Waals surface area contributed by atoms with Gasteiger partial charge in [-0.3, -0.25) is 0 Å². The minimum absolute atomic E-state index is 0.162. The third-order valence-electron chi connectivity index (χ3n) is 3.51. The fraction of sp³-hybridized carbons (Fsp3) is 0.105. The predicted molar refractivity (Wildman–Crippen MR) is 85.4 cm³/mol. The van der Waals surface area contributed by atoms with Crippen molar-refractivity contribution in [2.24, 2.45) is 0 Å². The van der Waals surface area contributed by atoms with E-state index in [1.807, 2.05) is 54.6 Å². The van der Waals surface area contributed by atoms with E-state index >= 15 is 0 Å². The maximum Gasteiger partial charge on any atom is 0.417 e. The Labute approximate surface area is 137 Å². The summed E-state index contributed by atoms with van der Waals surface area (Å²) in [6.07, 6.45) is -3.62. The van der Waals surface area contributed by atoms with Crippen molar-refractivity contribution in [1.29, 1.82) is 0 Å². The normalized spacial score (nSPS) is 11.3. The van der Waals surface area contributed by atoms with Gasteiger partial charge in [-0.05, 0) is 22.8 Å². The van der Waals surface area contributed by atoms with Crippen molar-refractivity contribution in [3.05, 3.63) is 84.1 Å². The summed E-state index contributed by atoms with van der Waals surface area (Å²) in [4.78, 5) is 3.68. The molecule has 0 atom stereocenters. The number of halogens is 3. The smallest absolute Gasteiger partial charge is 0.417 e. The quantitative estimate of drug-likeness (QED) is 0.644. The second-order valence-corrected chi connectivity index (χ2v) is 5.23. The van der Waals surface area contributed by atoms with E-state index in [-0.39, 0.29) is 12.5 Å². The molecule has 3 aromatic rings. The predicted octanol–water partition coefficient (Wildman–Crippen LogP) is 5.35. The number of rotatable bonds is 4. The van der Waals surface area contributed by atoms with Gasteiger partial charge in [-0.2, -0.15) is 13.2 Å². The summed E-state index contributed by atoms with van der Waals surface area (Å²) in [5.74, 6) is 0.162. The topological polar surface area (TPSA) is 22.1 Å². The standard InChI is InChI=1S/C19H14F3NO/c20-19(21,22)17-10-11-18(23-12-17)24-13-14-6-8-16(9-7-14)15-4-2-1-3-5-15/h1-12H,13H2. The molecule has 0 unspecified atom stereocenters. The highest BCUT2D eigenvalue weighted by Gasteiger charge is 2.30. The number of hydrogen-bond donors (Lipinski definition) is 0. The van der Waals surface area contributed by atoms with Gasteiger partial charge >= 0.3 is 6.18 Å². The van der Waals surface area contributed by atoms with Crippen LogP contribution in [0.2, 0.25) is 0 Å². The molecule has 2 nitrogen and oxygen atoms in total. The Morgan fingerprint density at radius 1 is 0.792 bits per heavy atom. The van der Waals surface area contributed by atoms with Gasteiger partial charge < -0.3 is 4.74 Å². The molecule has 0 aliphatic carbocycles. The van der Waals surface area contributed by atoms with Crippen molar-refractivity contribution in [2.75, 3.05) is 0 Å². The zero-order valence-electron chi connectivity index (χ0n) is 12.6. The molecule has 0 amide bonds. The van der Waals surface area contributed by atoms with Crippen molar-refractivity contribution in [3.8, 4) is 17.0 Å². The van der Waals surface area contributed by atoms with Gasteiger partial charge in [0.2, 0.25) is 5.88 Å². The molecule has 0 spiro atoms. The van der Waals surface area contributed by atoms with Gasteiger partial charge in [-0.25, -0.2) is 4.98 Å². The van der Waals surface area contributed by atoms with E-state index in [2.05, 4.69) is 4.98 Å². The number of nitrogens with zero attached hydrogens (tertiary/aromatic N) is 1. The van der Waals surface area contributed by atoms with Crippen LogP contribution in [0.4, 0.5) is 13.2 Å². The van der Waals surface area contributed by atoms with E-state index in [9.17, 15) is 13.2 Å². The number of pyridine rings is 1. The van der Waals surface area contributed by atoms with E-state index in [1.54, 1.807) is 0 Å². The molecule has 0 saturated heterocycles. The summed E-state index contributed by atoms with van der Waals surface area (Å²) in [5.41, 5.74) is 2.33. The first kappa shape index (κ1) is 16.1. The lowest BCUT2D eigenvalue weighted by atomic mass is 10.0. The molecule has 0 fully saturated rings. The highest BCUT2D eigenvalue weighted by atomic mass is 19.4. The number of hydrogen-bond acceptors (Lipinski definition) is 2. The molecular weight excluding hydrogens is 315 g/mol. The zero-order chi connectivity index (χ0) is 17.0. The molecule has 0 bridgehead atoms. The van der Waals surface area contributed by atoms with Crippen LogP contribution in [-0.2, 0) is 12.8 Å². The highest BCUT2D eigenvalue weighted by molar-refractivity contribution is 5.63. The van der Waals surface area contributed by atoms with Gasteiger partial charge in [0.05, 0.1) is 5.56 Å². The number of aromatic nitrogens is 1. The van der Waals surface area contributed by atoms with Crippen LogP contribution >= 0.6 is 0 Å². The molecule has 0 N–H and O–H groups in total. The van der Waals surface area contributed by atoms with Crippen LogP contribution in [0.3, 0.4) is 0 Å². The molecule has 0 aliphatic rings. The molecular formula is C19H14F3NO. The molecule has 3 rings (SSSR count).